The normalized spacial score (nSPS) is 21.2. The summed E-state index contributed by atoms with van der Waals surface area (Å²) in [4.78, 5) is 22.6. The van der Waals surface area contributed by atoms with Gasteiger partial charge in [0.2, 0.25) is 0 Å². The monoisotopic (exact) mass is 361 g/mol. The van der Waals surface area contributed by atoms with Crippen molar-refractivity contribution in [2.24, 2.45) is 5.41 Å². The first-order valence-electron chi connectivity index (χ1n) is 8.73. The van der Waals surface area contributed by atoms with Crippen LogP contribution in [0.15, 0.2) is 36.7 Å². The fraction of sp³-hybridized carbons (Fsp3) is 0.474. The number of carbonyl (C=O) groups is 1. The molecule has 1 aromatic heterocycles. The Kier molecular flexibility index (Phi) is 5.76. The van der Waals surface area contributed by atoms with Gasteiger partial charge in [-0.3, -0.25) is 9.69 Å². The highest BCUT2D eigenvalue weighted by Gasteiger charge is 2.43. The zero-order chi connectivity index (χ0) is 17.7. The lowest BCUT2D eigenvalue weighted by atomic mass is 9.75. The first-order chi connectivity index (χ1) is 12.1. The van der Waals surface area contributed by atoms with Gasteiger partial charge in [-0.1, -0.05) is 23.7 Å². The molecule has 2 heterocycles. The van der Waals surface area contributed by atoms with Gasteiger partial charge >= 0.3 is 5.97 Å². The van der Waals surface area contributed by atoms with E-state index in [4.69, 9.17) is 16.3 Å². The minimum Gasteiger partial charge on any atom is -0.466 e. The van der Waals surface area contributed by atoms with Gasteiger partial charge in [0.05, 0.1) is 18.6 Å². The summed E-state index contributed by atoms with van der Waals surface area (Å²) in [6, 6.07) is 7.75. The molecular formula is C19H24ClN3O2. The van der Waals surface area contributed by atoms with E-state index in [-0.39, 0.29) is 5.97 Å². The lowest BCUT2D eigenvalue weighted by molar-refractivity contribution is -0.159. The zero-order valence-corrected chi connectivity index (χ0v) is 15.3. The van der Waals surface area contributed by atoms with E-state index in [9.17, 15) is 4.79 Å². The summed E-state index contributed by atoms with van der Waals surface area (Å²) < 4.78 is 5.45. The average molecular weight is 362 g/mol. The molecule has 5 nitrogen and oxygen atoms in total. The van der Waals surface area contributed by atoms with Crippen LogP contribution in [0.3, 0.4) is 0 Å². The van der Waals surface area contributed by atoms with Crippen molar-refractivity contribution >= 4 is 17.6 Å². The predicted octanol–water partition coefficient (Wildman–Crippen LogP) is 3.45. The Morgan fingerprint density at radius 2 is 2.36 bits per heavy atom. The van der Waals surface area contributed by atoms with Gasteiger partial charge in [0.15, 0.2) is 0 Å². The molecule has 6 heteroatoms. The number of nitrogens with zero attached hydrogens (tertiary/aromatic N) is 2. The third-order valence-electron chi connectivity index (χ3n) is 4.72. The molecule has 1 aliphatic heterocycles. The van der Waals surface area contributed by atoms with Gasteiger partial charge in [0.1, 0.15) is 5.82 Å². The Labute approximate surface area is 153 Å². The fourth-order valence-corrected chi connectivity index (χ4v) is 3.88. The lowest BCUT2D eigenvalue weighted by Gasteiger charge is -2.40. The Bertz CT molecular complexity index is 704. The molecule has 1 atom stereocenters. The van der Waals surface area contributed by atoms with Crippen LogP contribution >= 0.6 is 11.6 Å². The number of ether oxygens (including phenoxy) is 1. The number of H-pyrrole nitrogens is 1. The number of nitrogens with one attached hydrogen (secondary N) is 1. The lowest BCUT2D eigenvalue weighted by Crippen LogP contribution is -2.49. The second kappa shape index (κ2) is 8.02. The SMILES string of the molecule is CCOC(=O)C1(Cc2cccc(Cl)c2)CCCN(Cc2ncc[nH]2)C1. The maximum Gasteiger partial charge on any atom is 0.313 e. The molecular weight excluding hydrogens is 338 g/mol. The minimum absolute atomic E-state index is 0.112. The smallest absolute Gasteiger partial charge is 0.313 e. The van der Waals surface area contributed by atoms with Crippen molar-refractivity contribution < 1.29 is 9.53 Å². The molecule has 0 amide bonds. The Hall–Kier alpha value is -1.85. The molecule has 0 spiro atoms. The van der Waals surface area contributed by atoms with Crippen molar-refractivity contribution in [2.75, 3.05) is 19.7 Å². The number of likely N-dealkylation sites (tertiary alicyclic amines) is 1. The Balaban J connectivity index is 1.81. The Morgan fingerprint density at radius 3 is 3.08 bits per heavy atom. The number of hydrogen-bond donors (Lipinski definition) is 1. The van der Waals surface area contributed by atoms with Crippen LogP contribution in [0.25, 0.3) is 0 Å². The molecule has 0 aliphatic carbocycles. The molecule has 0 radical (unpaired) electrons. The number of esters is 1. The number of piperidine rings is 1. The first-order valence-corrected chi connectivity index (χ1v) is 9.11. The Morgan fingerprint density at radius 1 is 1.48 bits per heavy atom. The number of aromatic amines is 1. The van der Waals surface area contributed by atoms with Crippen LogP contribution < -0.4 is 0 Å². The molecule has 1 N–H and O–H groups in total. The van der Waals surface area contributed by atoms with Gasteiger partial charge in [-0.25, -0.2) is 4.98 Å². The van der Waals surface area contributed by atoms with Crippen LogP contribution in [0, 0.1) is 5.41 Å². The van der Waals surface area contributed by atoms with Gasteiger partial charge in [0, 0.05) is 24.0 Å². The van der Waals surface area contributed by atoms with Crippen molar-refractivity contribution in [3.63, 3.8) is 0 Å². The quantitative estimate of drug-likeness (QED) is 0.800. The minimum atomic E-state index is -0.536. The summed E-state index contributed by atoms with van der Waals surface area (Å²) in [6.45, 7) is 4.59. The highest BCUT2D eigenvalue weighted by atomic mass is 35.5. The molecule has 134 valence electrons. The summed E-state index contributed by atoms with van der Waals surface area (Å²) in [5.41, 5.74) is 0.534. The van der Waals surface area contributed by atoms with Gasteiger partial charge < -0.3 is 9.72 Å². The van der Waals surface area contributed by atoms with E-state index >= 15 is 0 Å². The molecule has 0 saturated carbocycles. The second-order valence-electron chi connectivity index (χ2n) is 6.66. The predicted molar refractivity (Wildman–Crippen MR) is 97.3 cm³/mol. The average Bonchev–Trinajstić information content (AvgIpc) is 3.08. The summed E-state index contributed by atoms with van der Waals surface area (Å²) in [5.74, 6) is 0.807. The molecule has 1 saturated heterocycles. The topological polar surface area (TPSA) is 58.2 Å². The first kappa shape index (κ1) is 18.0. The van der Waals surface area contributed by atoms with Crippen LogP contribution in [-0.4, -0.2) is 40.5 Å². The van der Waals surface area contributed by atoms with Crippen molar-refractivity contribution in [1.82, 2.24) is 14.9 Å². The van der Waals surface area contributed by atoms with E-state index < -0.39 is 5.41 Å². The van der Waals surface area contributed by atoms with Crippen molar-refractivity contribution in [3.05, 3.63) is 53.1 Å². The zero-order valence-electron chi connectivity index (χ0n) is 14.5. The molecule has 1 unspecified atom stereocenters. The van der Waals surface area contributed by atoms with E-state index in [1.54, 1.807) is 6.20 Å². The van der Waals surface area contributed by atoms with Gasteiger partial charge in [-0.15, -0.1) is 0 Å². The molecule has 2 aromatic rings. The molecule has 0 bridgehead atoms. The molecule has 1 aliphatic rings. The van der Waals surface area contributed by atoms with Crippen LogP contribution in [-0.2, 0) is 22.5 Å². The summed E-state index contributed by atoms with van der Waals surface area (Å²) >= 11 is 6.13. The third kappa shape index (κ3) is 4.41. The highest BCUT2D eigenvalue weighted by molar-refractivity contribution is 6.30. The fourth-order valence-electron chi connectivity index (χ4n) is 3.66. The number of hydrogen-bond acceptors (Lipinski definition) is 4. The second-order valence-corrected chi connectivity index (χ2v) is 7.09. The maximum absolute atomic E-state index is 12.9. The molecule has 3 rings (SSSR count). The number of carbonyl (C=O) groups excluding carboxylic acids is 1. The van der Waals surface area contributed by atoms with E-state index in [2.05, 4.69) is 14.9 Å². The van der Waals surface area contributed by atoms with Gasteiger partial charge in [0.25, 0.3) is 0 Å². The van der Waals surface area contributed by atoms with Crippen LogP contribution in [0.4, 0.5) is 0 Å². The number of rotatable bonds is 6. The van der Waals surface area contributed by atoms with Crippen molar-refractivity contribution in [1.29, 1.82) is 0 Å². The number of halogens is 1. The van der Waals surface area contributed by atoms with Gasteiger partial charge in [-0.05, 0) is 50.4 Å². The molecule has 25 heavy (non-hydrogen) atoms. The molecule has 1 fully saturated rings. The van der Waals surface area contributed by atoms with E-state index in [1.807, 2.05) is 37.4 Å². The van der Waals surface area contributed by atoms with E-state index in [0.717, 1.165) is 30.8 Å². The summed E-state index contributed by atoms with van der Waals surface area (Å²) in [7, 11) is 0. The number of benzene rings is 1. The van der Waals surface area contributed by atoms with Crippen LogP contribution in [0.5, 0.6) is 0 Å². The van der Waals surface area contributed by atoms with Crippen LogP contribution in [0.1, 0.15) is 31.2 Å². The van der Waals surface area contributed by atoms with Crippen LogP contribution in [0.2, 0.25) is 5.02 Å². The highest BCUT2D eigenvalue weighted by Crippen LogP contribution is 2.36. The van der Waals surface area contributed by atoms with Crippen molar-refractivity contribution in [3.8, 4) is 0 Å². The standard InChI is InChI=1S/C19H24ClN3O2/c1-2-25-18(24)19(12-15-5-3-6-16(20)11-15)7-4-10-23(14-19)13-17-21-8-9-22-17/h3,5-6,8-9,11H,2,4,7,10,12-14H2,1H3,(H,21,22). The molecule has 1 aromatic carbocycles. The third-order valence-corrected chi connectivity index (χ3v) is 4.96. The maximum atomic E-state index is 12.9. The van der Waals surface area contributed by atoms with E-state index in [0.29, 0.717) is 31.1 Å². The van der Waals surface area contributed by atoms with E-state index in [1.165, 1.54) is 0 Å². The van der Waals surface area contributed by atoms with Crippen molar-refractivity contribution in [2.45, 2.75) is 32.7 Å². The number of imidazole rings is 1. The summed E-state index contributed by atoms with van der Waals surface area (Å²) in [6.07, 6.45) is 6.00. The van der Waals surface area contributed by atoms with Gasteiger partial charge in [-0.2, -0.15) is 0 Å². The largest absolute Gasteiger partial charge is 0.466 e. The summed E-state index contributed by atoms with van der Waals surface area (Å²) in [5, 5.41) is 0.694. The number of aromatic nitrogens is 2.